The average Bonchev–Trinajstić information content (AvgIpc) is 2.46. The van der Waals surface area contributed by atoms with Crippen molar-refractivity contribution in [3.8, 4) is 5.75 Å². The van der Waals surface area contributed by atoms with Crippen molar-refractivity contribution in [1.29, 1.82) is 0 Å². The third kappa shape index (κ3) is 5.34. The molecule has 1 N–H and O–H groups in total. The first-order valence-corrected chi connectivity index (χ1v) is 8.33. The molecule has 0 unspecified atom stereocenters. The Balaban J connectivity index is 1.88. The van der Waals surface area contributed by atoms with Crippen LogP contribution in [-0.2, 0) is 0 Å². The summed E-state index contributed by atoms with van der Waals surface area (Å²) in [6, 6.07) is 8.21. The molecule has 2 amide bonds. The first-order chi connectivity index (χ1) is 10.7. The molecule has 0 aromatic heterocycles. The van der Waals surface area contributed by atoms with Crippen LogP contribution in [0.4, 0.5) is 10.5 Å². The van der Waals surface area contributed by atoms with Crippen molar-refractivity contribution >= 4 is 11.7 Å². The van der Waals surface area contributed by atoms with E-state index in [4.69, 9.17) is 4.74 Å². The molecule has 0 spiro atoms. The summed E-state index contributed by atoms with van der Waals surface area (Å²) in [6.45, 7) is 13.2. The first kappa shape index (κ1) is 17.4. The minimum Gasteiger partial charge on any atom is -0.491 e. The van der Waals surface area contributed by atoms with Gasteiger partial charge in [-0.05, 0) is 58.9 Å². The molecule has 2 rings (SSSR count). The zero-order chi connectivity index (χ0) is 17.0. The van der Waals surface area contributed by atoms with Gasteiger partial charge in [-0.1, -0.05) is 0 Å². The molecule has 23 heavy (non-hydrogen) atoms. The molecule has 1 fully saturated rings. The van der Waals surface area contributed by atoms with Crippen LogP contribution >= 0.6 is 0 Å². The topological polar surface area (TPSA) is 44.8 Å². The van der Waals surface area contributed by atoms with Gasteiger partial charge in [0.25, 0.3) is 0 Å². The molecule has 0 saturated carbocycles. The van der Waals surface area contributed by atoms with E-state index in [1.165, 1.54) is 5.69 Å². The van der Waals surface area contributed by atoms with Crippen molar-refractivity contribution in [3.63, 3.8) is 0 Å². The number of nitrogens with one attached hydrogen (secondary N) is 1. The number of hydrogen-bond acceptors (Lipinski definition) is 3. The maximum atomic E-state index is 12.2. The van der Waals surface area contributed by atoms with Gasteiger partial charge in [0.05, 0.1) is 6.10 Å². The maximum Gasteiger partial charge on any atom is 0.317 e. The van der Waals surface area contributed by atoms with E-state index in [1.54, 1.807) is 0 Å². The number of benzene rings is 1. The summed E-state index contributed by atoms with van der Waals surface area (Å²) in [5.41, 5.74) is 0.984. The van der Waals surface area contributed by atoms with Gasteiger partial charge in [-0.3, -0.25) is 0 Å². The second-order valence-corrected chi connectivity index (χ2v) is 7.31. The van der Waals surface area contributed by atoms with E-state index in [1.807, 2.05) is 51.7 Å². The first-order valence-electron chi connectivity index (χ1n) is 8.33. The number of amides is 2. The van der Waals surface area contributed by atoms with Crippen LogP contribution in [0.1, 0.15) is 34.6 Å². The molecule has 0 aliphatic carbocycles. The number of nitrogens with zero attached hydrogens (tertiary/aromatic N) is 2. The van der Waals surface area contributed by atoms with Crippen LogP contribution in [-0.4, -0.2) is 48.8 Å². The lowest BCUT2D eigenvalue weighted by Gasteiger charge is -2.37. The highest BCUT2D eigenvalue weighted by Gasteiger charge is 2.24. The Labute approximate surface area is 139 Å². The van der Waals surface area contributed by atoms with Gasteiger partial charge in [0.15, 0.2) is 0 Å². The van der Waals surface area contributed by atoms with Crippen LogP contribution in [0.3, 0.4) is 0 Å². The highest BCUT2D eigenvalue weighted by molar-refractivity contribution is 5.75. The highest BCUT2D eigenvalue weighted by Crippen LogP contribution is 2.21. The Kier molecular flexibility index (Phi) is 5.39. The van der Waals surface area contributed by atoms with E-state index in [0.717, 1.165) is 31.9 Å². The third-order valence-corrected chi connectivity index (χ3v) is 3.62. The molecule has 1 aromatic carbocycles. The molecular formula is C18H29N3O2. The summed E-state index contributed by atoms with van der Waals surface area (Å²) in [4.78, 5) is 16.4. The SMILES string of the molecule is CC(C)Oc1ccc(N2CCN(C(=O)NC(C)(C)C)CC2)cc1. The smallest absolute Gasteiger partial charge is 0.317 e. The molecule has 5 nitrogen and oxygen atoms in total. The number of urea groups is 1. The Hall–Kier alpha value is -1.91. The van der Waals surface area contributed by atoms with Crippen LogP contribution in [0.2, 0.25) is 0 Å². The zero-order valence-corrected chi connectivity index (χ0v) is 14.9. The van der Waals surface area contributed by atoms with Crippen molar-refractivity contribution in [3.05, 3.63) is 24.3 Å². The van der Waals surface area contributed by atoms with Crippen molar-refractivity contribution < 1.29 is 9.53 Å². The average molecular weight is 319 g/mol. The van der Waals surface area contributed by atoms with Gasteiger partial charge in [0.2, 0.25) is 0 Å². The predicted octanol–water partition coefficient (Wildman–Crippen LogP) is 3.10. The Morgan fingerprint density at radius 2 is 1.65 bits per heavy atom. The highest BCUT2D eigenvalue weighted by atomic mass is 16.5. The number of carbonyl (C=O) groups excluding carboxylic acids is 1. The Morgan fingerprint density at radius 3 is 2.13 bits per heavy atom. The van der Waals surface area contributed by atoms with Crippen LogP contribution in [0, 0.1) is 0 Å². The van der Waals surface area contributed by atoms with Gasteiger partial charge < -0.3 is 19.9 Å². The molecule has 0 bridgehead atoms. The van der Waals surface area contributed by atoms with Crippen molar-refractivity contribution in [2.75, 3.05) is 31.1 Å². The van der Waals surface area contributed by atoms with E-state index < -0.39 is 0 Å². The fourth-order valence-electron chi connectivity index (χ4n) is 2.58. The largest absolute Gasteiger partial charge is 0.491 e. The molecule has 5 heteroatoms. The molecule has 0 atom stereocenters. The number of ether oxygens (including phenoxy) is 1. The van der Waals surface area contributed by atoms with Crippen LogP contribution in [0.5, 0.6) is 5.75 Å². The second kappa shape index (κ2) is 7.11. The molecule has 0 radical (unpaired) electrons. The van der Waals surface area contributed by atoms with Crippen molar-refractivity contribution in [2.45, 2.75) is 46.3 Å². The van der Waals surface area contributed by atoms with Crippen LogP contribution < -0.4 is 15.0 Å². The molecule has 1 aromatic rings. The zero-order valence-electron chi connectivity index (χ0n) is 14.9. The molecule has 1 heterocycles. The number of carbonyl (C=O) groups is 1. The molecule has 1 aliphatic rings. The molecule has 1 aliphatic heterocycles. The summed E-state index contributed by atoms with van der Waals surface area (Å²) in [6.07, 6.45) is 0.186. The van der Waals surface area contributed by atoms with E-state index >= 15 is 0 Å². The van der Waals surface area contributed by atoms with E-state index in [-0.39, 0.29) is 17.7 Å². The normalized spacial score (nSPS) is 15.7. The number of hydrogen-bond donors (Lipinski definition) is 1. The standard InChI is InChI=1S/C18H29N3O2/c1-14(2)23-16-8-6-15(7-9-16)20-10-12-21(13-11-20)17(22)19-18(3,4)5/h6-9,14H,10-13H2,1-5H3,(H,19,22). The van der Waals surface area contributed by atoms with Gasteiger partial charge in [-0.15, -0.1) is 0 Å². The molecule has 128 valence electrons. The summed E-state index contributed by atoms with van der Waals surface area (Å²) >= 11 is 0. The summed E-state index contributed by atoms with van der Waals surface area (Å²) in [5, 5.41) is 3.02. The van der Waals surface area contributed by atoms with E-state index in [2.05, 4.69) is 22.3 Å². The summed E-state index contributed by atoms with van der Waals surface area (Å²) in [5.74, 6) is 0.895. The summed E-state index contributed by atoms with van der Waals surface area (Å²) < 4.78 is 5.67. The van der Waals surface area contributed by atoms with Crippen LogP contribution in [0.25, 0.3) is 0 Å². The van der Waals surface area contributed by atoms with Gasteiger partial charge in [-0.25, -0.2) is 4.79 Å². The summed E-state index contributed by atoms with van der Waals surface area (Å²) in [7, 11) is 0. The van der Waals surface area contributed by atoms with Gasteiger partial charge >= 0.3 is 6.03 Å². The fourth-order valence-corrected chi connectivity index (χ4v) is 2.58. The molecular weight excluding hydrogens is 290 g/mol. The second-order valence-electron chi connectivity index (χ2n) is 7.31. The van der Waals surface area contributed by atoms with Gasteiger partial charge in [0.1, 0.15) is 5.75 Å². The number of anilines is 1. The minimum absolute atomic E-state index is 0.0258. The monoisotopic (exact) mass is 319 g/mol. The van der Waals surface area contributed by atoms with Gasteiger partial charge in [-0.2, -0.15) is 0 Å². The minimum atomic E-state index is -0.194. The third-order valence-electron chi connectivity index (χ3n) is 3.62. The Morgan fingerprint density at radius 1 is 1.09 bits per heavy atom. The maximum absolute atomic E-state index is 12.2. The quantitative estimate of drug-likeness (QED) is 0.931. The van der Waals surface area contributed by atoms with E-state index in [0.29, 0.717) is 0 Å². The van der Waals surface area contributed by atoms with Crippen molar-refractivity contribution in [2.24, 2.45) is 0 Å². The lowest BCUT2D eigenvalue weighted by molar-refractivity contribution is 0.185. The molecule has 1 saturated heterocycles. The number of rotatable bonds is 3. The lowest BCUT2D eigenvalue weighted by Crippen LogP contribution is -2.55. The van der Waals surface area contributed by atoms with Crippen molar-refractivity contribution in [1.82, 2.24) is 10.2 Å². The Bertz CT molecular complexity index is 512. The van der Waals surface area contributed by atoms with Gasteiger partial charge in [0, 0.05) is 37.4 Å². The van der Waals surface area contributed by atoms with Crippen LogP contribution in [0.15, 0.2) is 24.3 Å². The number of piperazine rings is 1. The fraction of sp³-hybridized carbons (Fsp3) is 0.611. The predicted molar refractivity (Wildman–Crippen MR) is 94.3 cm³/mol. The lowest BCUT2D eigenvalue weighted by atomic mass is 10.1. The van der Waals surface area contributed by atoms with E-state index in [9.17, 15) is 4.79 Å².